The first-order chi connectivity index (χ1) is 8.63. The van der Waals surface area contributed by atoms with Gasteiger partial charge < -0.3 is 0 Å². The van der Waals surface area contributed by atoms with Gasteiger partial charge in [0.1, 0.15) is 0 Å². The van der Waals surface area contributed by atoms with E-state index in [0.29, 0.717) is 0 Å². The molecule has 0 bridgehead atoms. The molecule has 1 aromatic heterocycles. The lowest BCUT2D eigenvalue weighted by atomic mass is 10.1. The molecular weight excluding hydrogens is 306 g/mol. The van der Waals surface area contributed by atoms with E-state index in [9.17, 15) is 0 Å². The molecule has 0 unspecified atom stereocenters. The maximum Gasteiger partial charge on any atom is 0.0410 e. The lowest BCUT2D eigenvalue weighted by molar-refractivity contribution is 1.23. The minimum atomic E-state index is 0.999. The first kappa shape index (κ1) is 13.6. The molecule has 18 heavy (non-hydrogen) atoms. The number of rotatable bonds is 4. The van der Waals surface area contributed by atoms with Crippen molar-refractivity contribution in [3.8, 4) is 0 Å². The van der Waals surface area contributed by atoms with Crippen molar-refractivity contribution in [3.05, 3.63) is 63.4 Å². The topological polar surface area (TPSA) is 12.9 Å². The molecule has 94 valence electrons. The number of aryl methyl sites for hydroxylation is 2. The van der Waals surface area contributed by atoms with E-state index in [2.05, 4.69) is 59.0 Å². The summed E-state index contributed by atoms with van der Waals surface area (Å²) in [5.74, 6) is 2.05. The summed E-state index contributed by atoms with van der Waals surface area (Å²) in [6.45, 7) is 4.30. The molecular formula is C15H16BrNS. The molecule has 0 saturated carbocycles. The second-order valence-electron chi connectivity index (χ2n) is 4.50. The van der Waals surface area contributed by atoms with E-state index in [-0.39, 0.29) is 0 Å². The summed E-state index contributed by atoms with van der Waals surface area (Å²) in [5.41, 5.74) is 5.35. The Labute approximate surface area is 121 Å². The van der Waals surface area contributed by atoms with Gasteiger partial charge in [-0.25, -0.2) is 0 Å². The van der Waals surface area contributed by atoms with Gasteiger partial charge in [-0.3, -0.25) is 4.98 Å². The van der Waals surface area contributed by atoms with Crippen LogP contribution in [0, 0.1) is 13.8 Å². The van der Waals surface area contributed by atoms with Gasteiger partial charge in [0, 0.05) is 28.4 Å². The van der Waals surface area contributed by atoms with Crippen molar-refractivity contribution in [3.63, 3.8) is 0 Å². The van der Waals surface area contributed by atoms with Crippen LogP contribution >= 0.6 is 27.7 Å². The summed E-state index contributed by atoms with van der Waals surface area (Å²) in [7, 11) is 0. The van der Waals surface area contributed by atoms with Crippen molar-refractivity contribution in [1.29, 1.82) is 0 Å². The highest BCUT2D eigenvalue weighted by Gasteiger charge is 1.99. The highest BCUT2D eigenvalue weighted by atomic mass is 79.9. The molecule has 0 radical (unpaired) electrons. The van der Waals surface area contributed by atoms with Gasteiger partial charge in [-0.05, 0) is 47.0 Å². The number of pyridine rings is 1. The fourth-order valence-corrected chi connectivity index (χ4v) is 3.28. The average molecular weight is 322 g/mol. The molecule has 0 atom stereocenters. The highest BCUT2D eigenvalue weighted by Crippen LogP contribution is 2.20. The molecule has 0 fully saturated rings. The highest BCUT2D eigenvalue weighted by molar-refractivity contribution is 9.10. The Morgan fingerprint density at radius 1 is 0.944 bits per heavy atom. The Bertz CT molecular complexity index is 520. The first-order valence-electron chi connectivity index (χ1n) is 5.88. The van der Waals surface area contributed by atoms with E-state index in [1.807, 2.05) is 24.2 Å². The van der Waals surface area contributed by atoms with Crippen LogP contribution in [-0.2, 0) is 11.5 Å². The summed E-state index contributed by atoms with van der Waals surface area (Å²) in [5, 5.41) is 0. The second kappa shape index (κ2) is 6.39. The molecule has 0 spiro atoms. The van der Waals surface area contributed by atoms with E-state index < -0.39 is 0 Å². The zero-order valence-electron chi connectivity index (χ0n) is 10.6. The maximum atomic E-state index is 4.18. The van der Waals surface area contributed by atoms with Crippen LogP contribution in [0.5, 0.6) is 0 Å². The average Bonchev–Trinajstić information content (AvgIpc) is 2.27. The van der Waals surface area contributed by atoms with Gasteiger partial charge in [0.2, 0.25) is 0 Å². The molecule has 3 heteroatoms. The van der Waals surface area contributed by atoms with Gasteiger partial charge in [0.05, 0.1) is 0 Å². The summed E-state index contributed by atoms with van der Waals surface area (Å²) >= 11 is 5.37. The molecule has 0 aliphatic rings. The second-order valence-corrected chi connectivity index (χ2v) is 6.40. The Kier molecular flexibility index (Phi) is 4.84. The number of hydrogen-bond donors (Lipinski definition) is 0. The zero-order chi connectivity index (χ0) is 13.0. The van der Waals surface area contributed by atoms with E-state index in [1.54, 1.807) is 0 Å². The maximum absolute atomic E-state index is 4.18. The summed E-state index contributed by atoms with van der Waals surface area (Å²) < 4.78 is 1.05. The molecule has 1 nitrogen and oxygen atoms in total. The number of halogens is 1. The van der Waals surface area contributed by atoms with Crippen molar-refractivity contribution in [2.24, 2.45) is 0 Å². The predicted octanol–water partition coefficient (Wildman–Crippen LogP) is 4.89. The SMILES string of the molecule is Cc1cc(C)cc(CSCc2cncc(Br)c2)c1. The third kappa shape index (κ3) is 4.14. The van der Waals surface area contributed by atoms with E-state index >= 15 is 0 Å². The fraction of sp³-hybridized carbons (Fsp3) is 0.267. The van der Waals surface area contributed by atoms with Gasteiger partial charge in [-0.1, -0.05) is 29.3 Å². The zero-order valence-corrected chi connectivity index (χ0v) is 13.0. The Hall–Kier alpha value is -0.800. The van der Waals surface area contributed by atoms with Crippen LogP contribution in [0.3, 0.4) is 0 Å². The Morgan fingerprint density at radius 3 is 2.28 bits per heavy atom. The lowest BCUT2D eigenvalue weighted by Gasteiger charge is -2.05. The third-order valence-electron chi connectivity index (χ3n) is 2.58. The van der Waals surface area contributed by atoms with Crippen LogP contribution < -0.4 is 0 Å². The minimum Gasteiger partial charge on any atom is -0.263 e. The smallest absolute Gasteiger partial charge is 0.0410 e. The summed E-state index contributed by atoms with van der Waals surface area (Å²) in [4.78, 5) is 4.18. The third-order valence-corrected chi connectivity index (χ3v) is 4.09. The van der Waals surface area contributed by atoms with Crippen molar-refractivity contribution in [2.45, 2.75) is 25.4 Å². The van der Waals surface area contributed by atoms with Crippen LogP contribution in [0.25, 0.3) is 0 Å². The molecule has 1 heterocycles. The number of hydrogen-bond acceptors (Lipinski definition) is 2. The standard InChI is InChI=1S/C15H16BrNS/c1-11-3-12(2)5-13(4-11)9-18-10-14-6-15(16)8-17-7-14/h3-8H,9-10H2,1-2H3. The number of aromatic nitrogens is 1. The van der Waals surface area contributed by atoms with Crippen LogP contribution in [0.15, 0.2) is 41.1 Å². The van der Waals surface area contributed by atoms with Crippen LogP contribution in [0.1, 0.15) is 22.3 Å². The largest absolute Gasteiger partial charge is 0.263 e. The van der Waals surface area contributed by atoms with E-state index in [4.69, 9.17) is 0 Å². The first-order valence-corrected chi connectivity index (χ1v) is 7.82. The van der Waals surface area contributed by atoms with Crippen LogP contribution in [0.2, 0.25) is 0 Å². The molecule has 0 aliphatic carbocycles. The van der Waals surface area contributed by atoms with Crippen molar-refractivity contribution < 1.29 is 0 Å². The Balaban J connectivity index is 1.92. The van der Waals surface area contributed by atoms with Crippen LogP contribution in [-0.4, -0.2) is 4.98 Å². The van der Waals surface area contributed by atoms with E-state index in [0.717, 1.165) is 16.0 Å². The molecule has 2 rings (SSSR count). The fourth-order valence-electron chi connectivity index (χ4n) is 1.97. The Morgan fingerprint density at radius 2 is 1.61 bits per heavy atom. The van der Waals surface area contributed by atoms with Gasteiger partial charge in [0.15, 0.2) is 0 Å². The number of thioether (sulfide) groups is 1. The molecule has 0 saturated heterocycles. The predicted molar refractivity (Wildman–Crippen MR) is 82.9 cm³/mol. The van der Waals surface area contributed by atoms with E-state index in [1.165, 1.54) is 22.3 Å². The number of nitrogens with zero attached hydrogens (tertiary/aromatic N) is 1. The number of benzene rings is 1. The van der Waals surface area contributed by atoms with Gasteiger partial charge in [0.25, 0.3) is 0 Å². The van der Waals surface area contributed by atoms with Crippen molar-refractivity contribution in [1.82, 2.24) is 4.98 Å². The van der Waals surface area contributed by atoms with Crippen molar-refractivity contribution >= 4 is 27.7 Å². The quantitative estimate of drug-likeness (QED) is 0.794. The molecule has 0 aliphatic heterocycles. The van der Waals surface area contributed by atoms with Crippen LogP contribution in [0.4, 0.5) is 0 Å². The van der Waals surface area contributed by atoms with Gasteiger partial charge in [-0.15, -0.1) is 0 Å². The summed E-state index contributed by atoms with van der Waals surface area (Å²) in [6.07, 6.45) is 3.75. The minimum absolute atomic E-state index is 0.999. The van der Waals surface area contributed by atoms with Gasteiger partial charge >= 0.3 is 0 Å². The lowest BCUT2D eigenvalue weighted by Crippen LogP contribution is -1.87. The van der Waals surface area contributed by atoms with Gasteiger partial charge in [-0.2, -0.15) is 11.8 Å². The molecule has 0 N–H and O–H groups in total. The van der Waals surface area contributed by atoms with Crippen molar-refractivity contribution in [2.75, 3.05) is 0 Å². The normalized spacial score (nSPS) is 10.6. The summed E-state index contributed by atoms with van der Waals surface area (Å²) in [6, 6.07) is 8.87. The molecule has 2 aromatic rings. The monoisotopic (exact) mass is 321 g/mol. The molecule has 0 amide bonds. The molecule has 1 aromatic carbocycles.